The van der Waals surface area contributed by atoms with E-state index in [-0.39, 0.29) is 25.2 Å². The largest absolute Gasteiger partial charge is 0.480 e. The lowest BCUT2D eigenvalue weighted by Crippen LogP contribution is -2.51. The molecule has 0 aromatic carbocycles. The second-order valence-electron chi connectivity index (χ2n) is 3.93. The lowest BCUT2D eigenvalue weighted by atomic mass is 10.0. The summed E-state index contributed by atoms with van der Waals surface area (Å²) >= 11 is 0. The Morgan fingerprint density at radius 2 is 2.13 bits per heavy atom. The molecule has 0 spiro atoms. The molecule has 0 aliphatic carbocycles. The Kier molecular flexibility index (Phi) is 3.65. The number of ether oxygens (including phenoxy) is 1. The van der Waals surface area contributed by atoms with E-state index < -0.39 is 18.1 Å². The second kappa shape index (κ2) is 4.59. The average molecular weight is 216 g/mol. The monoisotopic (exact) mass is 216 g/mol. The Hall–Kier alpha value is -1.14. The first-order chi connectivity index (χ1) is 6.95. The maximum absolute atomic E-state index is 11.8. The van der Waals surface area contributed by atoms with Gasteiger partial charge in [0.2, 0.25) is 5.91 Å². The van der Waals surface area contributed by atoms with Crippen LogP contribution in [0.1, 0.15) is 13.8 Å². The Morgan fingerprint density at radius 1 is 1.53 bits per heavy atom. The summed E-state index contributed by atoms with van der Waals surface area (Å²) in [5.74, 6) is -1.45. The summed E-state index contributed by atoms with van der Waals surface area (Å²) in [4.78, 5) is 23.7. The van der Waals surface area contributed by atoms with Crippen molar-refractivity contribution >= 4 is 11.9 Å². The first-order valence-corrected chi connectivity index (χ1v) is 4.81. The summed E-state index contributed by atoms with van der Waals surface area (Å²) in [6.07, 6.45) is 0. The van der Waals surface area contributed by atoms with Gasteiger partial charge in [0.25, 0.3) is 0 Å². The molecule has 0 aromatic rings. The van der Waals surface area contributed by atoms with Crippen LogP contribution in [-0.4, -0.2) is 47.3 Å². The van der Waals surface area contributed by atoms with Crippen LogP contribution in [0.4, 0.5) is 0 Å². The van der Waals surface area contributed by atoms with Crippen molar-refractivity contribution in [2.75, 3.05) is 13.3 Å². The fourth-order valence-corrected chi connectivity index (χ4v) is 1.34. The number of amides is 1. The van der Waals surface area contributed by atoms with Crippen molar-refractivity contribution in [1.82, 2.24) is 4.90 Å². The minimum absolute atomic E-state index is 0.0101. The van der Waals surface area contributed by atoms with Gasteiger partial charge in [0.15, 0.2) is 6.04 Å². The van der Waals surface area contributed by atoms with E-state index in [2.05, 4.69) is 0 Å². The van der Waals surface area contributed by atoms with Gasteiger partial charge in [-0.3, -0.25) is 4.79 Å². The van der Waals surface area contributed by atoms with Gasteiger partial charge in [0.05, 0.1) is 12.6 Å². The molecular formula is C9H16N2O4. The maximum atomic E-state index is 11.8. The molecule has 1 unspecified atom stereocenters. The van der Waals surface area contributed by atoms with Gasteiger partial charge in [0.1, 0.15) is 6.73 Å². The van der Waals surface area contributed by atoms with Crippen LogP contribution in [0.2, 0.25) is 0 Å². The van der Waals surface area contributed by atoms with Crippen molar-refractivity contribution in [1.29, 1.82) is 0 Å². The van der Waals surface area contributed by atoms with Crippen LogP contribution in [0.25, 0.3) is 0 Å². The molecule has 1 fully saturated rings. The molecule has 6 heteroatoms. The maximum Gasteiger partial charge on any atom is 0.328 e. The molecule has 0 aromatic heterocycles. The number of rotatable bonds is 3. The first kappa shape index (κ1) is 11.9. The van der Waals surface area contributed by atoms with Crippen LogP contribution < -0.4 is 5.73 Å². The standard InChI is InChI=1S/C9H16N2O4/c1-5(2)7(10)8(12)11-4-15-3-6(11)9(13)14/h5-7H,3-4,10H2,1-2H3,(H,13,14)/t6-,7?/m0/s1. The van der Waals surface area contributed by atoms with E-state index in [0.717, 1.165) is 0 Å². The van der Waals surface area contributed by atoms with E-state index in [0.29, 0.717) is 0 Å². The van der Waals surface area contributed by atoms with E-state index in [1.165, 1.54) is 4.90 Å². The number of hydrogen-bond acceptors (Lipinski definition) is 4. The summed E-state index contributed by atoms with van der Waals surface area (Å²) < 4.78 is 4.95. The van der Waals surface area contributed by atoms with Crippen molar-refractivity contribution in [2.24, 2.45) is 11.7 Å². The van der Waals surface area contributed by atoms with E-state index in [9.17, 15) is 9.59 Å². The number of aliphatic carboxylic acids is 1. The van der Waals surface area contributed by atoms with Gasteiger partial charge in [-0.15, -0.1) is 0 Å². The van der Waals surface area contributed by atoms with Gasteiger partial charge in [-0.1, -0.05) is 13.8 Å². The number of nitrogens with zero attached hydrogens (tertiary/aromatic N) is 1. The molecule has 0 bridgehead atoms. The van der Waals surface area contributed by atoms with E-state index in [4.69, 9.17) is 15.6 Å². The Bertz CT molecular complexity index is 267. The second-order valence-corrected chi connectivity index (χ2v) is 3.93. The van der Waals surface area contributed by atoms with Crippen LogP contribution in [0.3, 0.4) is 0 Å². The summed E-state index contributed by atoms with van der Waals surface area (Å²) in [5, 5.41) is 8.84. The minimum atomic E-state index is -1.06. The molecule has 0 radical (unpaired) electrons. The molecule has 0 saturated carbocycles. The van der Waals surface area contributed by atoms with E-state index >= 15 is 0 Å². The third-order valence-electron chi connectivity index (χ3n) is 2.45. The predicted octanol–water partition coefficient (Wildman–Crippen LogP) is -0.761. The number of nitrogens with two attached hydrogens (primary N) is 1. The van der Waals surface area contributed by atoms with E-state index in [1.807, 2.05) is 13.8 Å². The highest BCUT2D eigenvalue weighted by Gasteiger charge is 2.37. The quantitative estimate of drug-likeness (QED) is 0.646. The van der Waals surface area contributed by atoms with Crippen molar-refractivity contribution < 1.29 is 19.4 Å². The SMILES string of the molecule is CC(C)C(N)C(=O)N1COC[C@H]1C(=O)O. The molecule has 1 saturated heterocycles. The summed E-state index contributed by atoms with van der Waals surface area (Å²) in [5.41, 5.74) is 5.66. The number of carbonyl (C=O) groups is 2. The molecule has 86 valence electrons. The van der Waals surface area contributed by atoms with Gasteiger partial charge in [-0.05, 0) is 5.92 Å². The Morgan fingerprint density at radius 3 is 2.60 bits per heavy atom. The van der Waals surface area contributed by atoms with Gasteiger partial charge in [0, 0.05) is 0 Å². The molecular weight excluding hydrogens is 200 g/mol. The molecule has 6 nitrogen and oxygen atoms in total. The van der Waals surface area contributed by atoms with Crippen molar-refractivity contribution in [3.63, 3.8) is 0 Å². The lowest BCUT2D eigenvalue weighted by molar-refractivity contribution is -0.148. The third-order valence-corrected chi connectivity index (χ3v) is 2.45. The minimum Gasteiger partial charge on any atom is -0.480 e. The normalized spacial score (nSPS) is 23.2. The number of carbonyl (C=O) groups excluding carboxylic acids is 1. The smallest absolute Gasteiger partial charge is 0.328 e. The highest BCUT2D eigenvalue weighted by molar-refractivity contribution is 5.87. The molecule has 2 atom stereocenters. The highest BCUT2D eigenvalue weighted by atomic mass is 16.5. The fraction of sp³-hybridized carbons (Fsp3) is 0.778. The van der Waals surface area contributed by atoms with Crippen molar-refractivity contribution in [3.8, 4) is 0 Å². The topological polar surface area (TPSA) is 92.9 Å². The Balaban J connectivity index is 2.70. The van der Waals surface area contributed by atoms with Crippen LogP contribution in [-0.2, 0) is 14.3 Å². The zero-order valence-corrected chi connectivity index (χ0v) is 8.84. The summed E-state index contributed by atoms with van der Waals surface area (Å²) in [6, 6.07) is -1.57. The molecule has 1 heterocycles. The number of carboxylic acid groups (broad SMARTS) is 1. The van der Waals surface area contributed by atoms with Gasteiger partial charge < -0.3 is 20.5 Å². The fourth-order valence-electron chi connectivity index (χ4n) is 1.34. The lowest BCUT2D eigenvalue weighted by Gasteiger charge is -2.24. The molecule has 3 N–H and O–H groups in total. The van der Waals surface area contributed by atoms with Crippen molar-refractivity contribution in [3.05, 3.63) is 0 Å². The molecule has 1 aliphatic rings. The summed E-state index contributed by atoms with van der Waals surface area (Å²) in [7, 11) is 0. The van der Waals surface area contributed by atoms with Gasteiger partial charge >= 0.3 is 5.97 Å². The zero-order valence-electron chi connectivity index (χ0n) is 8.84. The molecule has 1 amide bonds. The van der Waals surface area contributed by atoms with Crippen LogP contribution in [0.15, 0.2) is 0 Å². The van der Waals surface area contributed by atoms with Gasteiger partial charge in [-0.2, -0.15) is 0 Å². The zero-order chi connectivity index (χ0) is 11.6. The van der Waals surface area contributed by atoms with Gasteiger partial charge in [-0.25, -0.2) is 4.79 Å². The summed E-state index contributed by atoms with van der Waals surface area (Å²) in [6.45, 7) is 3.67. The average Bonchev–Trinajstić information content (AvgIpc) is 2.63. The van der Waals surface area contributed by atoms with Crippen LogP contribution in [0, 0.1) is 5.92 Å². The highest BCUT2D eigenvalue weighted by Crippen LogP contribution is 2.13. The first-order valence-electron chi connectivity index (χ1n) is 4.81. The van der Waals surface area contributed by atoms with E-state index in [1.54, 1.807) is 0 Å². The molecule has 15 heavy (non-hydrogen) atoms. The predicted molar refractivity (Wildman–Crippen MR) is 51.9 cm³/mol. The van der Waals surface area contributed by atoms with Crippen LogP contribution >= 0.6 is 0 Å². The molecule has 1 rings (SSSR count). The number of carboxylic acids is 1. The number of hydrogen-bond donors (Lipinski definition) is 2. The Labute approximate surface area is 88.0 Å². The molecule has 1 aliphatic heterocycles. The van der Waals surface area contributed by atoms with Crippen molar-refractivity contribution in [2.45, 2.75) is 25.9 Å². The third kappa shape index (κ3) is 2.45. The van der Waals surface area contributed by atoms with Crippen LogP contribution in [0.5, 0.6) is 0 Å².